The molecule has 0 spiro atoms. The minimum Gasteiger partial charge on any atom is -0.483 e. The molecule has 8 nitrogen and oxygen atoms in total. The van der Waals surface area contributed by atoms with Gasteiger partial charge in [-0.15, -0.1) is 0 Å². The molecule has 2 fully saturated rings. The first kappa shape index (κ1) is 18.6. The van der Waals surface area contributed by atoms with E-state index in [9.17, 15) is 0 Å². The highest BCUT2D eigenvalue weighted by atomic mass is 16.3. The van der Waals surface area contributed by atoms with Crippen LogP contribution >= 0.6 is 0 Å². The Bertz CT molecular complexity index is 864. The summed E-state index contributed by atoms with van der Waals surface area (Å²) in [7, 11) is 0. The summed E-state index contributed by atoms with van der Waals surface area (Å²) in [6.45, 7) is 10.2. The van der Waals surface area contributed by atoms with E-state index in [-0.39, 0.29) is 6.47 Å². The van der Waals surface area contributed by atoms with Crippen LogP contribution in [0.2, 0.25) is 0 Å². The number of pyridine rings is 1. The molecule has 2 aromatic heterocycles. The third-order valence-corrected chi connectivity index (χ3v) is 5.68. The minimum atomic E-state index is -0.250. The maximum absolute atomic E-state index is 8.36. The first-order chi connectivity index (χ1) is 13.6. The number of anilines is 2. The number of aromatic nitrogens is 3. The highest BCUT2D eigenvalue weighted by Gasteiger charge is 2.37. The number of hydrogen-bond acceptors (Lipinski definition) is 7. The summed E-state index contributed by atoms with van der Waals surface area (Å²) in [6, 6.07) is 4.89. The van der Waals surface area contributed by atoms with Crippen LogP contribution in [0.3, 0.4) is 0 Å². The van der Waals surface area contributed by atoms with Crippen molar-refractivity contribution in [2.24, 2.45) is 0 Å². The van der Waals surface area contributed by atoms with Crippen LogP contribution in [0.1, 0.15) is 29.2 Å². The predicted molar refractivity (Wildman–Crippen MR) is 107 cm³/mol. The molecule has 0 amide bonds. The van der Waals surface area contributed by atoms with E-state index in [4.69, 9.17) is 19.9 Å². The summed E-state index contributed by atoms with van der Waals surface area (Å²) in [5, 5.41) is 6.89. The molecule has 0 aliphatic carbocycles. The summed E-state index contributed by atoms with van der Waals surface area (Å²) in [5.74, 6) is 2.10. The second-order valence-electron chi connectivity index (χ2n) is 7.58. The van der Waals surface area contributed by atoms with E-state index in [1.165, 1.54) is 29.2 Å². The number of fused-ring (bicyclic) bond motifs is 1. The second kappa shape index (κ2) is 7.71. The van der Waals surface area contributed by atoms with Crippen molar-refractivity contribution in [3.8, 4) is 0 Å². The lowest BCUT2D eigenvalue weighted by Gasteiger charge is -2.45. The molecule has 2 saturated heterocycles. The highest BCUT2D eigenvalue weighted by Crippen LogP contribution is 2.34. The molecule has 0 atom stereocenters. The number of nitrogens with zero attached hydrogens (tertiary/aromatic N) is 6. The van der Waals surface area contributed by atoms with Crippen LogP contribution in [-0.4, -0.2) is 63.7 Å². The minimum absolute atomic E-state index is 0.250. The average Bonchev–Trinajstić information content (AvgIpc) is 2.96. The summed E-state index contributed by atoms with van der Waals surface area (Å²) < 4.78 is 0. The van der Waals surface area contributed by atoms with Gasteiger partial charge in [-0.1, -0.05) is 0 Å². The molecule has 0 bridgehead atoms. The predicted octanol–water partition coefficient (Wildman–Crippen LogP) is 1.60. The fourth-order valence-corrected chi connectivity index (χ4v) is 4.05. The van der Waals surface area contributed by atoms with Crippen molar-refractivity contribution in [3.05, 3.63) is 41.1 Å². The fourth-order valence-electron chi connectivity index (χ4n) is 4.05. The van der Waals surface area contributed by atoms with Crippen LogP contribution in [0.25, 0.3) is 0 Å². The quantitative estimate of drug-likeness (QED) is 0.802. The average molecular weight is 382 g/mol. The summed E-state index contributed by atoms with van der Waals surface area (Å²) in [6.07, 6.45) is 3.19. The monoisotopic (exact) mass is 382 g/mol. The summed E-state index contributed by atoms with van der Waals surface area (Å²) in [5.41, 5.74) is 4.98. The van der Waals surface area contributed by atoms with E-state index in [0.29, 0.717) is 6.04 Å². The van der Waals surface area contributed by atoms with Crippen LogP contribution in [0, 0.1) is 13.8 Å². The largest absolute Gasteiger partial charge is 0.483 e. The Hall–Kier alpha value is -2.74. The molecule has 0 aromatic carbocycles. The molecule has 5 rings (SSSR count). The fraction of sp³-hybridized carbons (Fsp3) is 0.500. The zero-order valence-electron chi connectivity index (χ0n) is 16.4. The lowest BCUT2D eigenvalue weighted by molar-refractivity contribution is -0.122. The Morgan fingerprint density at radius 2 is 1.89 bits per heavy atom. The zero-order chi connectivity index (χ0) is 19.7. The van der Waals surface area contributed by atoms with Crippen molar-refractivity contribution in [1.82, 2.24) is 19.9 Å². The van der Waals surface area contributed by atoms with Gasteiger partial charge in [-0.3, -0.25) is 14.7 Å². The van der Waals surface area contributed by atoms with Gasteiger partial charge in [0.05, 0.1) is 5.69 Å². The second-order valence-corrected chi connectivity index (χ2v) is 7.58. The summed E-state index contributed by atoms with van der Waals surface area (Å²) >= 11 is 0. The van der Waals surface area contributed by atoms with E-state index in [1.807, 2.05) is 13.1 Å². The molecule has 0 unspecified atom stereocenters. The molecule has 1 N–H and O–H groups in total. The van der Waals surface area contributed by atoms with E-state index < -0.39 is 0 Å². The Morgan fingerprint density at radius 3 is 2.54 bits per heavy atom. The van der Waals surface area contributed by atoms with Crippen LogP contribution in [0.15, 0.2) is 18.3 Å². The maximum atomic E-state index is 8.36. The van der Waals surface area contributed by atoms with E-state index in [0.717, 1.165) is 50.8 Å². The van der Waals surface area contributed by atoms with Gasteiger partial charge in [0.25, 0.3) is 6.47 Å². The van der Waals surface area contributed by atoms with Gasteiger partial charge in [0.2, 0.25) is 0 Å². The molecule has 3 aliphatic rings. The van der Waals surface area contributed by atoms with E-state index >= 15 is 0 Å². The molecular formula is C20H26N6O2. The number of hydrogen-bond donors (Lipinski definition) is 1. The van der Waals surface area contributed by atoms with Crippen molar-refractivity contribution in [2.75, 3.05) is 36.0 Å². The van der Waals surface area contributed by atoms with Crippen LogP contribution in [0.5, 0.6) is 0 Å². The molecule has 148 valence electrons. The standard InChI is InChI=1S/C19H24N6.CH2O2/c1-13-8-15(4-5-20-13)24-9-16(10-24)25-11-17-18(12-25)21-14(2)22-19(17)23-6-3-7-23;2-1-3/h4-5,8,16H,3,6-7,9-12H2,1-2H3;1H,(H,2,3). The number of rotatable bonds is 3. The molecule has 3 aliphatic heterocycles. The van der Waals surface area contributed by atoms with Gasteiger partial charge < -0.3 is 14.9 Å². The summed E-state index contributed by atoms with van der Waals surface area (Å²) in [4.78, 5) is 29.6. The Balaban J connectivity index is 0.000000604. The van der Waals surface area contributed by atoms with Gasteiger partial charge >= 0.3 is 0 Å². The van der Waals surface area contributed by atoms with Crippen LogP contribution in [0.4, 0.5) is 11.5 Å². The van der Waals surface area contributed by atoms with Crippen molar-refractivity contribution >= 4 is 18.0 Å². The van der Waals surface area contributed by atoms with Gasteiger partial charge in [0.1, 0.15) is 11.6 Å². The lowest BCUT2D eigenvalue weighted by Crippen LogP contribution is -2.58. The van der Waals surface area contributed by atoms with Crippen LogP contribution in [-0.2, 0) is 17.9 Å². The van der Waals surface area contributed by atoms with Gasteiger partial charge in [-0.2, -0.15) is 0 Å². The normalized spacial score (nSPS) is 18.6. The SMILES string of the molecule is Cc1cc(N2CC(N3Cc4nc(C)nc(N5CCC5)c4C3)C2)ccn1.O=CO. The molecule has 0 radical (unpaired) electrons. The molecule has 0 saturated carbocycles. The molecule has 28 heavy (non-hydrogen) atoms. The van der Waals surface area contributed by atoms with E-state index in [2.05, 4.69) is 38.7 Å². The van der Waals surface area contributed by atoms with Crippen molar-refractivity contribution in [2.45, 2.75) is 39.4 Å². The molecular weight excluding hydrogens is 356 g/mol. The number of aryl methyl sites for hydroxylation is 2. The lowest BCUT2D eigenvalue weighted by atomic mass is 10.1. The maximum Gasteiger partial charge on any atom is 0.290 e. The van der Waals surface area contributed by atoms with Crippen molar-refractivity contribution in [1.29, 1.82) is 0 Å². The van der Waals surface area contributed by atoms with Crippen molar-refractivity contribution < 1.29 is 9.90 Å². The molecule has 5 heterocycles. The third-order valence-electron chi connectivity index (χ3n) is 5.68. The highest BCUT2D eigenvalue weighted by molar-refractivity contribution is 5.53. The first-order valence-electron chi connectivity index (χ1n) is 9.70. The molecule has 8 heteroatoms. The Labute approximate surface area is 164 Å². The third kappa shape index (κ3) is 3.52. The van der Waals surface area contributed by atoms with Gasteiger partial charge in [0.15, 0.2) is 0 Å². The molecule has 2 aromatic rings. The number of carbonyl (C=O) groups is 1. The van der Waals surface area contributed by atoms with E-state index in [1.54, 1.807) is 0 Å². The topological polar surface area (TPSA) is 85.7 Å². The van der Waals surface area contributed by atoms with Gasteiger partial charge in [-0.25, -0.2) is 9.97 Å². The first-order valence-corrected chi connectivity index (χ1v) is 9.70. The van der Waals surface area contributed by atoms with Gasteiger partial charge in [-0.05, 0) is 32.4 Å². The van der Waals surface area contributed by atoms with Crippen molar-refractivity contribution in [3.63, 3.8) is 0 Å². The Morgan fingerprint density at radius 1 is 1.14 bits per heavy atom. The Kier molecular flexibility index (Phi) is 5.13. The number of carboxylic acid groups (broad SMARTS) is 1. The van der Waals surface area contributed by atoms with Gasteiger partial charge in [0, 0.05) is 68.5 Å². The van der Waals surface area contributed by atoms with Crippen LogP contribution < -0.4 is 9.80 Å². The smallest absolute Gasteiger partial charge is 0.290 e. The zero-order valence-corrected chi connectivity index (χ0v) is 16.4.